The summed E-state index contributed by atoms with van der Waals surface area (Å²) >= 11 is 0. The monoisotopic (exact) mass is 293 g/mol. The summed E-state index contributed by atoms with van der Waals surface area (Å²) in [5.74, 6) is -0.220. The van der Waals surface area contributed by atoms with E-state index in [1.54, 1.807) is 0 Å². The number of hydrogen-bond donors (Lipinski definition) is 2. The van der Waals surface area contributed by atoms with E-state index >= 15 is 0 Å². The van der Waals surface area contributed by atoms with Crippen LogP contribution in [-0.2, 0) is 4.74 Å². The Bertz CT molecular complexity index is 541. The van der Waals surface area contributed by atoms with Crippen molar-refractivity contribution in [2.24, 2.45) is 11.7 Å². The molecule has 1 aromatic carbocycles. The Morgan fingerprint density at radius 2 is 2.14 bits per heavy atom. The average Bonchev–Trinajstić information content (AvgIpc) is 2.47. The van der Waals surface area contributed by atoms with Gasteiger partial charge in [0.15, 0.2) is 0 Å². The van der Waals surface area contributed by atoms with E-state index < -0.39 is 10.8 Å². The molecule has 1 atom stereocenters. The van der Waals surface area contributed by atoms with Crippen molar-refractivity contribution in [1.29, 1.82) is 0 Å². The number of carbonyl (C=O) groups is 1. The Hall–Kier alpha value is -2.15. The molecular weight excluding hydrogens is 274 g/mol. The zero-order valence-corrected chi connectivity index (χ0v) is 11.9. The van der Waals surface area contributed by atoms with Gasteiger partial charge < -0.3 is 15.8 Å². The summed E-state index contributed by atoms with van der Waals surface area (Å²) in [4.78, 5) is 21.9. The maximum Gasteiger partial charge on any atom is 0.292 e. The van der Waals surface area contributed by atoms with E-state index in [4.69, 9.17) is 10.5 Å². The van der Waals surface area contributed by atoms with Crippen molar-refractivity contribution in [2.75, 3.05) is 18.5 Å². The average molecular weight is 293 g/mol. The summed E-state index contributed by atoms with van der Waals surface area (Å²) in [6.07, 6.45) is 1.83. The van der Waals surface area contributed by atoms with Gasteiger partial charge in [-0.05, 0) is 37.8 Å². The van der Waals surface area contributed by atoms with Gasteiger partial charge in [-0.2, -0.15) is 0 Å². The topological polar surface area (TPSA) is 107 Å². The molecule has 2 rings (SSSR count). The lowest BCUT2D eigenvalue weighted by Crippen LogP contribution is -2.31. The zero-order valence-electron chi connectivity index (χ0n) is 11.9. The van der Waals surface area contributed by atoms with E-state index in [0.717, 1.165) is 12.8 Å². The number of benzene rings is 1. The number of carbonyl (C=O) groups excluding carboxylic acids is 1. The second-order valence-corrected chi connectivity index (χ2v) is 5.24. The van der Waals surface area contributed by atoms with Crippen molar-refractivity contribution in [3.63, 3.8) is 0 Å². The van der Waals surface area contributed by atoms with Gasteiger partial charge in [0.25, 0.3) is 5.69 Å². The lowest BCUT2D eigenvalue weighted by molar-refractivity contribution is -0.384. The number of anilines is 1. The van der Waals surface area contributed by atoms with E-state index in [0.29, 0.717) is 24.8 Å². The van der Waals surface area contributed by atoms with Crippen LogP contribution in [-0.4, -0.2) is 30.1 Å². The van der Waals surface area contributed by atoms with Gasteiger partial charge in [0.05, 0.1) is 4.92 Å². The lowest BCUT2D eigenvalue weighted by Gasteiger charge is -2.29. The van der Waals surface area contributed by atoms with Gasteiger partial charge in [0.1, 0.15) is 5.69 Å². The normalized spacial score (nSPS) is 17.2. The minimum Gasteiger partial charge on any atom is -0.381 e. The van der Waals surface area contributed by atoms with Gasteiger partial charge in [-0.15, -0.1) is 0 Å². The summed E-state index contributed by atoms with van der Waals surface area (Å²) in [7, 11) is 0. The Morgan fingerprint density at radius 3 is 2.71 bits per heavy atom. The van der Waals surface area contributed by atoms with Crippen LogP contribution in [0, 0.1) is 16.0 Å². The van der Waals surface area contributed by atoms with Gasteiger partial charge >= 0.3 is 0 Å². The van der Waals surface area contributed by atoms with Gasteiger partial charge in [0.2, 0.25) is 5.91 Å². The fourth-order valence-corrected chi connectivity index (χ4v) is 2.54. The van der Waals surface area contributed by atoms with Crippen LogP contribution in [0.25, 0.3) is 0 Å². The summed E-state index contributed by atoms with van der Waals surface area (Å²) in [5, 5.41) is 14.2. The second kappa shape index (κ2) is 6.53. The first-order valence-electron chi connectivity index (χ1n) is 6.91. The van der Waals surface area contributed by atoms with Gasteiger partial charge in [-0.25, -0.2) is 0 Å². The fourth-order valence-electron chi connectivity index (χ4n) is 2.54. The van der Waals surface area contributed by atoms with Gasteiger partial charge in [0, 0.05) is 30.9 Å². The zero-order chi connectivity index (χ0) is 15.4. The third-order valence-electron chi connectivity index (χ3n) is 3.83. The smallest absolute Gasteiger partial charge is 0.292 e. The van der Waals surface area contributed by atoms with Crippen LogP contribution >= 0.6 is 0 Å². The minimum absolute atomic E-state index is 0.0516. The van der Waals surface area contributed by atoms with Gasteiger partial charge in [-0.3, -0.25) is 14.9 Å². The lowest BCUT2D eigenvalue weighted by atomic mass is 9.92. The van der Waals surface area contributed by atoms with Gasteiger partial charge in [-0.1, -0.05) is 0 Å². The second-order valence-electron chi connectivity index (χ2n) is 5.24. The first-order valence-corrected chi connectivity index (χ1v) is 6.91. The molecule has 1 heterocycles. The van der Waals surface area contributed by atoms with Crippen molar-refractivity contribution < 1.29 is 14.5 Å². The number of nitro groups is 1. The molecule has 1 aromatic rings. The molecule has 0 saturated carbocycles. The maximum absolute atomic E-state index is 11.2. The maximum atomic E-state index is 11.2. The van der Waals surface area contributed by atoms with Crippen molar-refractivity contribution in [3.8, 4) is 0 Å². The highest BCUT2D eigenvalue weighted by molar-refractivity contribution is 5.94. The van der Waals surface area contributed by atoms with Crippen LogP contribution in [0.15, 0.2) is 18.2 Å². The third-order valence-corrected chi connectivity index (χ3v) is 3.83. The Kier molecular flexibility index (Phi) is 4.74. The van der Waals surface area contributed by atoms with Crippen LogP contribution in [0.2, 0.25) is 0 Å². The summed E-state index contributed by atoms with van der Waals surface area (Å²) in [6.45, 7) is 3.40. The van der Waals surface area contributed by atoms with Crippen molar-refractivity contribution in [1.82, 2.24) is 0 Å². The number of nitro benzene ring substituents is 1. The molecule has 1 aliphatic rings. The molecule has 1 fully saturated rings. The molecule has 114 valence electrons. The van der Waals surface area contributed by atoms with E-state index in [1.165, 1.54) is 18.2 Å². The number of amides is 1. The van der Waals surface area contributed by atoms with Crippen LogP contribution in [0.4, 0.5) is 11.4 Å². The molecule has 1 amide bonds. The predicted molar refractivity (Wildman–Crippen MR) is 78.2 cm³/mol. The van der Waals surface area contributed by atoms with Crippen LogP contribution in [0.3, 0.4) is 0 Å². The van der Waals surface area contributed by atoms with Crippen molar-refractivity contribution in [2.45, 2.75) is 25.8 Å². The Labute approximate surface area is 122 Å². The molecule has 0 aliphatic carbocycles. The summed E-state index contributed by atoms with van der Waals surface area (Å²) < 4.78 is 5.32. The Morgan fingerprint density at radius 1 is 1.48 bits per heavy atom. The molecule has 7 heteroatoms. The van der Waals surface area contributed by atoms with E-state index in [9.17, 15) is 14.9 Å². The molecule has 1 unspecified atom stereocenters. The SMILES string of the molecule is CC(Nc1cc(C(N)=O)ccc1[N+](=O)[O-])C1CCOCC1. The molecule has 7 nitrogen and oxygen atoms in total. The quantitative estimate of drug-likeness (QED) is 0.637. The molecule has 1 saturated heterocycles. The fraction of sp³-hybridized carbons (Fsp3) is 0.500. The molecule has 3 N–H and O–H groups in total. The number of rotatable bonds is 5. The van der Waals surface area contributed by atoms with E-state index in [2.05, 4.69) is 5.32 Å². The van der Waals surface area contributed by atoms with Crippen LogP contribution in [0.1, 0.15) is 30.1 Å². The molecule has 0 aromatic heterocycles. The number of nitrogens with zero attached hydrogens (tertiary/aromatic N) is 1. The molecular formula is C14H19N3O4. The summed E-state index contributed by atoms with van der Waals surface area (Å²) in [6, 6.07) is 4.16. The Balaban J connectivity index is 2.21. The van der Waals surface area contributed by atoms with Crippen molar-refractivity contribution in [3.05, 3.63) is 33.9 Å². The predicted octanol–water partition coefficient (Wildman–Crippen LogP) is 1.92. The molecule has 0 bridgehead atoms. The number of nitrogens with two attached hydrogens (primary N) is 1. The largest absolute Gasteiger partial charge is 0.381 e. The molecule has 0 radical (unpaired) electrons. The summed E-state index contributed by atoms with van der Waals surface area (Å²) in [5.41, 5.74) is 5.75. The number of nitrogens with one attached hydrogen (secondary N) is 1. The first-order chi connectivity index (χ1) is 9.99. The molecule has 0 spiro atoms. The van der Waals surface area contributed by atoms with E-state index in [1.807, 2.05) is 6.92 Å². The first kappa shape index (κ1) is 15.2. The molecule has 1 aliphatic heterocycles. The minimum atomic E-state index is -0.605. The third kappa shape index (κ3) is 3.69. The van der Waals surface area contributed by atoms with Crippen molar-refractivity contribution >= 4 is 17.3 Å². The highest BCUT2D eigenvalue weighted by atomic mass is 16.6. The number of primary amides is 1. The number of hydrogen-bond acceptors (Lipinski definition) is 5. The highest BCUT2D eigenvalue weighted by Crippen LogP contribution is 2.29. The highest BCUT2D eigenvalue weighted by Gasteiger charge is 2.23. The molecule has 21 heavy (non-hydrogen) atoms. The van der Waals surface area contributed by atoms with Crippen LogP contribution < -0.4 is 11.1 Å². The van der Waals surface area contributed by atoms with Crippen LogP contribution in [0.5, 0.6) is 0 Å². The number of ether oxygens (including phenoxy) is 1. The van der Waals surface area contributed by atoms with E-state index in [-0.39, 0.29) is 17.3 Å². The standard InChI is InChI=1S/C14H19N3O4/c1-9(10-4-6-21-7-5-10)16-12-8-11(14(15)18)2-3-13(12)17(19)20/h2-3,8-10,16H,4-7H2,1H3,(H2,15,18).